The maximum absolute atomic E-state index is 13.1. The van der Waals surface area contributed by atoms with Gasteiger partial charge in [0.1, 0.15) is 0 Å². The summed E-state index contributed by atoms with van der Waals surface area (Å²) in [5, 5.41) is 3.45. The molecule has 216 valence electrons. The number of carbonyl (C=O) groups excluding carboxylic acids is 2. The highest BCUT2D eigenvalue weighted by Crippen LogP contribution is 2.57. The predicted octanol–water partition coefficient (Wildman–Crippen LogP) is 6.98. The summed E-state index contributed by atoms with van der Waals surface area (Å²) < 4.78 is 10.6. The first-order valence-corrected chi connectivity index (χ1v) is 14.7. The molecule has 5 nitrogen and oxygen atoms in total. The molecule has 4 aromatic carbocycles. The molecule has 5 rings (SSSR count). The van der Waals surface area contributed by atoms with Crippen molar-refractivity contribution in [2.75, 3.05) is 19.8 Å². The van der Waals surface area contributed by atoms with Crippen molar-refractivity contribution in [3.8, 4) is 11.1 Å². The van der Waals surface area contributed by atoms with Gasteiger partial charge in [-0.15, -0.1) is 0 Å². The summed E-state index contributed by atoms with van der Waals surface area (Å²) in [5.74, 6) is -0.313. The molecule has 0 amide bonds. The fraction of sp³-hybridized carbons (Fsp3) is 0.297. The van der Waals surface area contributed by atoms with Crippen LogP contribution in [0.5, 0.6) is 0 Å². The van der Waals surface area contributed by atoms with Crippen LogP contribution in [0.3, 0.4) is 0 Å². The Labute approximate surface area is 248 Å². The molecule has 0 heterocycles. The van der Waals surface area contributed by atoms with Gasteiger partial charge in [-0.1, -0.05) is 84.8 Å². The van der Waals surface area contributed by atoms with Gasteiger partial charge in [0.2, 0.25) is 0 Å². The summed E-state index contributed by atoms with van der Waals surface area (Å²) in [6.45, 7) is 12.8. The number of hydrogen-bond acceptors (Lipinski definition) is 5. The third-order valence-corrected chi connectivity index (χ3v) is 8.38. The number of benzene rings is 4. The zero-order chi connectivity index (χ0) is 29.9. The number of carbonyl (C=O) groups is 2. The Bertz CT molecular complexity index is 1590. The van der Waals surface area contributed by atoms with Crippen molar-refractivity contribution in [2.45, 2.75) is 53.0 Å². The lowest BCUT2D eigenvalue weighted by atomic mass is 9.66. The fourth-order valence-corrected chi connectivity index (χ4v) is 6.37. The second kappa shape index (κ2) is 12.3. The van der Waals surface area contributed by atoms with E-state index >= 15 is 0 Å². The third kappa shape index (κ3) is 5.14. The van der Waals surface area contributed by atoms with Crippen molar-refractivity contribution >= 4 is 12.4 Å². The van der Waals surface area contributed by atoms with Crippen LogP contribution in [0, 0.1) is 20.8 Å². The molecule has 0 atom stereocenters. The smallest absolute Gasteiger partial charge is 0.338 e. The molecule has 0 radical (unpaired) electrons. The van der Waals surface area contributed by atoms with Crippen LogP contribution in [-0.2, 0) is 32.6 Å². The lowest BCUT2D eigenvalue weighted by Gasteiger charge is -2.35. The van der Waals surface area contributed by atoms with Gasteiger partial charge in [0.05, 0.1) is 24.2 Å². The van der Waals surface area contributed by atoms with E-state index in [1.165, 1.54) is 38.9 Å². The molecule has 42 heavy (non-hydrogen) atoms. The molecule has 0 fully saturated rings. The summed E-state index contributed by atoms with van der Waals surface area (Å²) in [4.78, 5) is 24.1. The van der Waals surface area contributed by atoms with Crippen LogP contribution in [0.15, 0.2) is 72.8 Å². The van der Waals surface area contributed by atoms with Crippen molar-refractivity contribution < 1.29 is 19.1 Å². The molecule has 0 unspecified atom stereocenters. The zero-order valence-electron chi connectivity index (χ0n) is 25.2. The van der Waals surface area contributed by atoms with E-state index in [4.69, 9.17) is 9.47 Å². The number of ether oxygens (including phenoxy) is 2. The van der Waals surface area contributed by atoms with Crippen LogP contribution in [0.2, 0.25) is 0 Å². The monoisotopic (exact) mass is 561 g/mol. The fourth-order valence-electron chi connectivity index (χ4n) is 6.37. The lowest BCUT2D eigenvalue weighted by Crippen LogP contribution is -2.30. The van der Waals surface area contributed by atoms with E-state index in [1.54, 1.807) is 0 Å². The summed E-state index contributed by atoms with van der Waals surface area (Å²) in [6.07, 6.45) is 0.604. The van der Waals surface area contributed by atoms with E-state index in [0.29, 0.717) is 31.7 Å². The lowest BCUT2D eigenvalue weighted by molar-refractivity contribution is -0.128. The van der Waals surface area contributed by atoms with Crippen molar-refractivity contribution in [3.63, 3.8) is 0 Å². The minimum Gasteiger partial charge on any atom is -0.468 e. The van der Waals surface area contributed by atoms with Gasteiger partial charge in [-0.2, -0.15) is 0 Å². The van der Waals surface area contributed by atoms with Crippen LogP contribution in [0.25, 0.3) is 11.1 Å². The molecular weight excluding hydrogens is 522 g/mol. The molecular formula is C37H39NO4. The Morgan fingerprint density at radius 2 is 1.45 bits per heavy atom. The number of rotatable bonds is 11. The van der Waals surface area contributed by atoms with Crippen LogP contribution < -0.4 is 5.32 Å². The van der Waals surface area contributed by atoms with Gasteiger partial charge >= 0.3 is 5.97 Å². The van der Waals surface area contributed by atoms with Gasteiger partial charge in [0.25, 0.3) is 6.47 Å². The number of hydrogen-bond donors (Lipinski definition) is 1. The summed E-state index contributed by atoms with van der Waals surface area (Å²) in [7, 11) is 0. The normalized spacial score (nSPS) is 12.9. The van der Waals surface area contributed by atoms with Crippen molar-refractivity contribution in [1.82, 2.24) is 5.32 Å². The Morgan fingerprint density at radius 3 is 2.07 bits per heavy atom. The molecule has 0 bridgehead atoms. The SMILES string of the molecule is CCNCc1ccc(C2(c3ccc(C)c(C(=O)OCC)c3)c3cc(C)ccc3-c3ccc(C)cc32)cc1CCOC=O. The summed E-state index contributed by atoms with van der Waals surface area (Å²) >= 11 is 0. The van der Waals surface area contributed by atoms with Gasteiger partial charge in [0, 0.05) is 13.0 Å². The molecule has 1 aliphatic rings. The minimum atomic E-state index is -0.672. The number of nitrogens with one attached hydrogen (secondary N) is 1. The standard InChI is InChI=1S/C37H39NO4/c1-6-38-22-28-11-13-29(20-27(28)16-17-41-23-39)37(30-12-10-26(5)33(21-30)36(40)42-7-2)34-18-24(3)8-14-31(34)32-15-9-25(4)19-35(32)37/h8-15,18-21,23,38H,6-7,16-17,22H2,1-5H3. The average Bonchev–Trinajstić information content (AvgIpc) is 3.26. The van der Waals surface area contributed by atoms with E-state index in [1.807, 2.05) is 26.0 Å². The van der Waals surface area contributed by atoms with Gasteiger partial charge < -0.3 is 14.8 Å². The molecule has 0 aromatic heterocycles. The number of fused-ring (bicyclic) bond motifs is 3. The molecule has 4 aromatic rings. The molecule has 1 N–H and O–H groups in total. The largest absolute Gasteiger partial charge is 0.468 e. The number of esters is 1. The van der Waals surface area contributed by atoms with Crippen LogP contribution in [0.1, 0.15) is 74.3 Å². The summed E-state index contributed by atoms with van der Waals surface area (Å²) in [6, 6.07) is 26.3. The van der Waals surface area contributed by atoms with Crippen LogP contribution in [-0.4, -0.2) is 32.2 Å². The van der Waals surface area contributed by atoms with E-state index < -0.39 is 5.41 Å². The first-order valence-electron chi connectivity index (χ1n) is 14.7. The minimum absolute atomic E-state index is 0.308. The second-order valence-electron chi connectivity index (χ2n) is 11.1. The highest BCUT2D eigenvalue weighted by Gasteiger charge is 2.46. The van der Waals surface area contributed by atoms with Crippen LogP contribution in [0.4, 0.5) is 0 Å². The molecule has 0 saturated heterocycles. The van der Waals surface area contributed by atoms with Gasteiger partial charge in [-0.25, -0.2) is 4.79 Å². The van der Waals surface area contributed by atoms with Crippen LogP contribution >= 0.6 is 0 Å². The average molecular weight is 562 g/mol. The Morgan fingerprint density at radius 1 is 0.810 bits per heavy atom. The third-order valence-electron chi connectivity index (χ3n) is 8.38. The number of aryl methyl sites for hydroxylation is 3. The highest BCUT2D eigenvalue weighted by atomic mass is 16.5. The van der Waals surface area contributed by atoms with Crippen molar-refractivity contribution in [3.05, 3.63) is 128 Å². The molecule has 1 aliphatic carbocycles. The van der Waals surface area contributed by atoms with Gasteiger partial charge in [0.15, 0.2) is 0 Å². The molecule has 5 heteroatoms. The van der Waals surface area contributed by atoms with E-state index in [-0.39, 0.29) is 5.97 Å². The Hall–Kier alpha value is -4.22. The van der Waals surface area contributed by atoms with E-state index in [9.17, 15) is 9.59 Å². The quantitative estimate of drug-likeness (QED) is 0.107. The highest BCUT2D eigenvalue weighted by molar-refractivity contribution is 5.93. The first-order chi connectivity index (χ1) is 20.3. The predicted molar refractivity (Wildman–Crippen MR) is 167 cm³/mol. The van der Waals surface area contributed by atoms with E-state index in [0.717, 1.165) is 35.3 Å². The second-order valence-corrected chi connectivity index (χ2v) is 11.1. The van der Waals surface area contributed by atoms with Gasteiger partial charge in [-0.3, -0.25) is 4.79 Å². The van der Waals surface area contributed by atoms with E-state index in [2.05, 4.69) is 86.8 Å². The van der Waals surface area contributed by atoms with Crippen molar-refractivity contribution in [1.29, 1.82) is 0 Å². The van der Waals surface area contributed by atoms with Crippen molar-refractivity contribution in [2.24, 2.45) is 0 Å². The van der Waals surface area contributed by atoms with Gasteiger partial charge in [-0.05, 0) is 90.4 Å². The topological polar surface area (TPSA) is 64.6 Å². The molecule has 0 saturated carbocycles. The first kappa shape index (κ1) is 29.3. The molecule has 0 spiro atoms. The summed E-state index contributed by atoms with van der Waals surface area (Å²) in [5.41, 5.74) is 12.3. The Balaban J connectivity index is 1.86. The zero-order valence-corrected chi connectivity index (χ0v) is 25.2. The maximum Gasteiger partial charge on any atom is 0.338 e. The maximum atomic E-state index is 13.1. The molecule has 0 aliphatic heterocycles. The Kier molecular flexibility index (Phi) is 8.60.